The summed E-state index contributed by atoms with van der Waals surface area (Å²) in [4.78, 5) is 24.4. The first-order chi connectivity index (χ1) is 15.6. The van der Waals surface area contributed by atoms with Gasteiger partial charge in [-0.25, -0.2) is 35.9 Å². The Hall–Kier alpha value is -3.24. The fourth-order valence-corrected chi connectivity index (χ4v) is 3.14. The second kappa shape index (κ2) is 10.4. The number of esters is 1. The van der Waals surface area contributed by atoms with Crippen LogP contribution in [0.1, 0.15) is 51.7 Å². The molecule has 5 nitrogen and oxygen atoms in total. The van der Waals surface area contributed by atoms with Crippen molar-refractivity contribution < 1.29 is 45.4 Å². The molecule has 0 fully saturated rings. The monoisotopic (exact) mass is 491 g/mol. The quantitative estimate of drug-likeness (QED) is 0.329. The average Bonchev–Trinajstić information content (AvgIpc) is 2.68. The molecule has 0 saturated heterocycles. The van der Waals surface area contributed by atoms with Gasteiger partial charge in [-0.1, -0.05) is 0 Å². The molecule has 2 aromatic rings. The van der Waals surface area contributed by atoms with E-state index in [0.717, 1.165) is 0 Å². The lowest BCUT2D eigenvalue weighted by Gasteiger charge is -2.27. The SMILES string of the molecule is C[C@H](NC(=O)OC(C)(C)C)C(=O)O[C@@H](C)C(c1cc(F)c(F)c(F)c1)c1cc(F)c(F)c(F)c1. The largest absolute Gasteiger partial charge is 0.460 e. The zero-order valence-electron chi connectivity index (χ0n) is 18.9. The summed E-state index contributed by atoms with van der Waals surface area (Å²) in [5, 5.41) is 2.24. The summed E-state index contributed by atoms with van der Waals surface area (Å²) >= 11 is 0. The van der Waals surface area contributed by atoms with Gasteiger partial charge in [0, 0.05) is 5.92 Å². The molecule has 0 radical (unpaired) electrons. The van der Waals surface area contributed by atoms with Gasteiger partial charge in [-0.05, 0) is 70.0 Å². The molecule has 1 N–H and O–H groups in total. The van der Waals surface area contributed by atoms with Crippen LogP contribution in [0.5, 0.6) is 0 Å². The van der Waals surface area contributed by atoms with Crippen molar-refractivity contribution >= 4 is 12.1 Å². The Morgan fingerprint density at radius 2 is 1.18 bits per heavy atom. The summed E-state index contributed by atoms with van der Waals surface area (Å²) in [6, 6.07) is 1.01. The molecular weight excluding hydrogens is 468 g/mol. The number of nitrogens with one attached hydrogen (secondary N) is 1. The molecule has 0 aliphatic rings. The molecule has 0 aliphatic heterocycles. The van der Waals surface area contributed by atoms with Crippen LogP contribution in [-0.4, -0.2) is 29.8 Å². The van der Waals surface area contributed by atoms with E-state index in [9.17, 15) is 35.9 Å². The van der Waals surface area contributed by atoms with Gasteiger partial charge < -0.3 is 14.8 Å². The predicted octanol–water partition coefficient (Wildman–Crippen LogP) is 5.50. The molecule has 1 amide bonds. The van der Waals surface area contributed by atoms with E-state index >= 15 is 0 Å². The van der Waals surface area contributed by atoms with E-state index in [1.54, 1.807) is 20.8 Å². The molecule has 11 heteroatoms. The lowest BCUT2D eigenvalue weighted by atomic mass is 9.86. The van der Waals surface area contributed by atoms with Crippen LogP contribution >= 0.6 is 0 Å². The number of benzene rings is 2. The molecule has 2 rings (SSSR count). The molecule has 0 unspecified atom stereocenters. The number of carbonyl (C=O) groups is 2. The number of rotatable bonds is 6. The Labute approximate surface area is 192 Å². The number of hydrogen-bond acceptors (Lipinski definition) is 4. The maximum absolute atomic E-state index is 13.9. The molecule has 2 aromatic carbocycles. The first-order valence-electron chi connectivity index (χ1n) is 10.1. The van der Waals surface area contributed by atoms with Crippen LogP contribution in [0.4, 0.5) is 31.1 Å². The van der Waals surface area contributed by atoms with Crippen molar-refractivity contribution in [3.8, 4) is 0 Å². The number of carbonyl (C=O) groups excluding carboxylic acids is 2. The molecule has 0 bridgehead atoms. The van der Waals surface area contributed by atoms with E-state index < -0.39 is 70.6 Å². The highest BCUT2D eigenvalue weighted by Gasteiger charge is 2.31. The van der Waals surface area contributed by atoms with E-state index in [4.69, 9.17) is 9.47 Å². The Morgan fingerprint density at radius 1 is 0.794 bits per heavy atom. The third-order valence-corrected chi connectivity index (χ3v) is 4.59. The van der Waals surface area contributed by atoms with Gasteiger partial charge in [0.25, 0.3) is 0 Å². The van der Waals surface area contributed by atoms with Gasteiger partial charge in [0.05, 0.1) is 0 Å². The molecule has 0 aliphatic carbocycles. The van der Waals surface area contributed by atoms with Crippen molar-refractivity contribution in [3.05, 3.63) is 70.3 Å². The third kappa shape index (κ3) is 6.64. The van der Waals surface area contributed by atoms with Crippen molar-refractivity contribution in [3.63, 3.8) is 0 Å². The lowest BCUT2D eigenvalue weighted by Crippen LogP contribution is -2.43. The summed E-state index contributed by atoms with van der Waals surface area (Å²) < 4.78 is 92.7. The maximum atomic E-state index is 13.9. The second-order valence-electron chi connectivity index (χ2n) is 8.58. The maximum Gasteiger partial charge on any atom is 0.408 e. The van der Waals surface area contributed by atoms with Gasteiger partial charge >= 0.3 is 12.1 Å². The Kier molecular flexibility index (Phi) is 8.22. The molecule has 186 valence electrons. The number of halogens is 6. The summed E-state index contributed by atoms with van der Waals surface area (Å²) in [6.07, 6.45) is -2.28. The normalized spacial score (nSPS) is 13.4. The summed E-state index contributed by atoms with van der Waals surface area (Å²) in [6.45, 7) is 7.31. The highest BCUT2D eigenvalue weighted by molar-refractivity contribution is 5.81. The molecule has 0 saturated carbocycles. The zero-order chi connectivity index (χ0) is 26.0. The average molecular weight is 491 g/mol. The van der Waals surface area contributed by atoms with Gasteiger partial charge in [-0.2, -0.15) is 0 Å². The van der Waals surface area contributed by atoms with Crippen LogP contribution in [0.25, 0.3) is 0 Å². The van der Waals surface area contributed by atoms with Crippen molar-refractivity contribution in [2.45, 2.75) is 58.3 Å². The van der Waals surface area contributed by atoms with E-state index in [0.29, 0.717) is 24.3 Å². The minimum absolute atomic E-state index is 0.338. The molecule has 34 heavy (non-hydrogen) atoms. The fraction of sp³-hybridized carbons (Fsp3) is 0.391. The minimum atomic E-state index is -1.78. The van der Waals surface area contributed by atoms with Crippen LogP contribution in [0.3, 0.4) is 0 Å². The number of ether oxygens (including phenoxy) is 2. The Balaban J connectivity index is 2.38. The van der Waals surface area contributed by atoms with Crippen molar-refractivity contribution in [1.82, 2.24) is 5.32 Å². The number of amides is 1. The third-order valence-electron chi connectivity index (χ3n) is 4.59. The first kappa shape index (κ1) is 27.0. The second-order valence-corrected chi connectivity index (χ2v) is 8.58. The topological polar surface area (TPSA) is 64.6 Å². The number of alkyl carbamates (subject to hydrolysis) is 1. The van der Waals surface area contributed by atoms with E-state index in [-0.39, 0.29) is 11.1 Å². The predicted molar refractivity (Wildman–Crippen MR) is 109 cm³/mol. The van der Waals surface area contributed by atoms with Crippen molar-refractivity contribution in [2.24, 2.45) is 0 Å². The first-order valence-corrected chi connectivity index (χ1v) is 10.1. The van der Waals surface area contributed by atoms with Crippen molar-refractivity contribution in [2.75, 3.05) is 0 Å². The molecule has 2 atom stereocenters. The van der Waals surface area contributed by atoms with E-state index in [2.05, 4.69) is 5.32 Å². The van der Waals surface area contributed by atoms with Gasteiger partial charge in [0.15, 0.2) is 34.9 Å². The standard InChI is InChI=1S/C23H23F6NO4/c1-10(30-22(32)34-23(3,4)5)21(31)33-11(2)18(12-6-14(24)19(28)15(25)7-12)13-8-16(26)20(29)17(27)9-13/h6-11,18H,1-5H3,(H,30,32)/t10-,11-/m0/s1. The van der Waals surface area contributed by atoms with Crippen LogP contribution in [0.15, 0.2) is 24.3 Å². The van der Waals surface area contributed by atoms with Crippen molar-refractivity contribution in [1.29, 1.82) is 0 Å². The molecular formula is C23H23F6NO4. The summed E-state index contributed by atoms with van der Waals surface area (Å²) in [5.41, 5.74) is -1.52. The van der Waals surface area contributed by atoms with Crippen LogP contribution in [0, 0.1) is 34.9 Å². The summed E-state index contributed by atoms with van der Waals surface area (Å²) in [7, 11) is 0. The highest BCUT2D eigenvalue weighted by atomic mass is 19.2. The van der Waals surface area contributed by atoms with Gasteiger partial charge in [0.2, 0.25) is 0 Å². The molecule has 0 aromatic heterocycles. The van der Waals surface area contributed by atoms with Crippen LogP contribution in [-0.2, 0) is 14.3 Å². The van der Waals surface area contributed by atoms with Gasteiger partial charge in [0.1, 0.15) is 17.7 Å². The highest BCUT2D eigenvalue weighted by Crippen LogP contribution is 2.33. The zero-order valence-corrected chi connectivity index (χ0v) is 18.9. The summed E-state index contributed by atoms with van der Waals surface area (Å²) in [5.74, 6) is -12.4. The van der Waals surface area contributed by atoms with Gasteiger partial charge in [-0.15, -0.1) is 0 Å². The lowest BCUT2D eigenvalue weighted by molar-refractivity contribution is -0.150. The molecule has 0 heterocycles. The van der Waals surface area contributed by atoms with Crippen LogP contribution in [0.2, 0.25) is 0 Å². The Bertz CT molecular complexity index is 982. The van der Waals surface area contributed by atoms with Gasteiger partial charge in [-0.3, -0.25) is 0 Å². The fourth-order valence-electron chi connectivity index (χ4n) is 3.14. The minimum Gasteiger partial charge on any atom is -0.460 e. The number of hydrogen-bond donors (Lipinski definition) is 1. The van der Waals surface area contributed by atoms with Crippen LogP contribution < -0.4 is 5.32 Å². The van der Waals surface area contributed by atoms with E-state index in [1.807, 2.05) is 0 Å². The Morgan fingerprint density at radius 3 is 1.53 bits per heavy atom. The smallest absolute Gasteiger partial charge is 0.408 e. The van der Waals surface area contributed by atoms with E-state index in [1.165, 1.54) is 13.8 Å². The molecule has 0 spiro atoms.